The summed E-state index contributed by atoms with van der Waals surface area (Å²) >= 11 is 6.04. The van der Waals surface area contributed by atoms with Gasteiger partial charge in [0, 0.05) is 11.1 Å². The monoisotopic (exact) mass is 296 g/mol. The number of methoxy groups -OCH3 is 2. The second-order valence-corrected chi connectivity index (χ2v) is 4.41. The average molecular weight is 297 g/mol. The zero-order valence-electron chi connectivity index (χ0n) is 11.2. The Morgan fingerprint density at radius 1 is 1.40 bits per heavy atom. The highest BCUT2D eigenvalue weighted by Gasteiger charge is 2.21. The number of nitrogen functional groups attached to an aromatic ring is 1. The Kier molecular flexibility index (Phi) is 3.80. The van der Waals surface area contributed by atoms with E-state index in [1.165, 1.54) is 18.9 Å². The van der Waals surface area contributed by atoms with E-state index in [1.54, 1.807) is 12.1 Å². The average Bonchev–Trinajstić information content (AvgIpc) is 2.82. The normalized spacial score (nSPS) is 10.4. The Labute approximate surface area is 120 Å². The summed E-state index contributed by atoms with van der Waals surface area (Å²) in [7, 11) is 2.74. The van der Waals surface area contributed by atoms with Crippen molar-refractivity contribution in [3.05, 3.63) is 28.4 Å². The first kappa shape index (κ1) is 14.1. The first-order valence-electron chi connectivity index (χ1n) is 5.63. The van der Waals surface area contributed by atoms with Crippen molar-refractivity contribution in [2.24, 2.45) is 0 Å². The molecular weight excluding hydrogens is 284 g/mol. The van der Waals surface area contributed by atoms with Crippen molar-refractivity contribution in [1.82, 2.24) is 15.0 Å². The van der Waals surface area contributed by atoms with Crippen molar-refractivity contribution in [1.29, 1.82) is 0 Å². The smallest absolute Gasteiger partial charge is 0.362 e. The van der Waals surface area contributed by atoms with Gasteiger partial charge in [-0.15, -0.1) is 5.10 Å². The molecule has 0 fully saturated rings. The van der Waals surface area contributed by atoms with E-state index in [-0.39, 0.29) is 11.5 Å². The molecule has 0 aliphatic carbocycles. The van der Waals surface area contributed by atoms with Gasteiger partial charge in [-0.2, -0.15) is 4.68 Å². The van der Waals surface area contributed by atoms with Crippen LogP contribution in [0.25, 0.3) is 5.69 Å². The Morgan fingerprint density at radius 3 is 2.70 bits per heavy atom. The predicted molar refractivity (Wildman–Crippen MR) is 73.4 cm³/mol. The molecule has 2 N–H and O–H groups in total. The summed E-state index contributed by atoms with van der Waals surface area (Å²) < 4.78 is 11.1. The molecule has 1 aromatic heterocycles. The van der Waals surface area contributed by atoms with Crippen molar-refractivity contribution in [3.63, 3.8) is 0 Å². The fourth-order valence-corrected chi connectivity index (χ4v) is 1.84. The molecule has 1 aromatic carbocycles. The van der Waals surface area contributed by atoms with E-state index in [2.05, 4.69) is 15.0 Å². The van der Waals surface area contributed by atoms with Gasteiger partial charge in [0.05, 0.1) is 14.2 Å². The highest BCUT2D eigenvalue weighted by molar-refractivity contribution is 6.31. The van der Waals surface area contributed by atoms with Gasteiger partial charge < -0.3 is 15.2 Å². The van der Waals surface area contributed by atoms with Gasteiger partial charge in [0.1, 0.15) is 11.4 Å². The lowest BCUT2D eigenvalue weighted by Gasteiger charge is -2.11. The molecule has 2 aromatic rings. The Bertz CT molecular complexity index is 669. The van der Waals surface area contributed by atoms with Crippen LogP contribution in [0, 0.1) is 6.92 Å². The maximum atomic E-state index is 11.5. The molecule has 0 saturated carbocycles. The second kappa shape index (κ2) is 5.38. The summed E-state index contributed by atoms with van der Waals surface area (Å²) in [5.41, 5.74) is 7.17. The van der Waals surface area contributed by atoms with E-state index in [4.69, 9.17) is 22.1 Å². The lowest BCUT2D eigenvalue weighted by molar-refractivity contribution is 0.0595. The number of ether oxygens (including phenoxy) is 2. The van der Waals surface area contributed by atoms with Gasteiger partial charge in [-0.3, -0.25) is 0 Å². The fraction of sp³-hybridized carbons (Fsp3) is 0.250. The SMILES string of the molecule is COC(=O)c1nnn(-c2cc(C)c(Cl)cc2OC)c1N. The topological polar surface area (TPSA) is 92.3 Å². The third-order valence-corrected chi connectivity index (χ3v) is 3.18. The molecule has 106 valence electrons. The van der Waals surface area contributed by atoms with Crippen LogP contribution in [0.4, 0.5) is 5.82 Å². The quantitative estimate of drug-likeness (QED) is 0.865. The molecule has 2 rings (SSSR count). The lowest BCUT2D eigenvalue weighted by Crippen LogP contribution is -2.08. The summed E-state index contributed by atoms with van der Waals surface area (Å²) in [5.74, 6) is -0.121. The molecular formula is C12H13ClN4O3. The maximum Gasteiger partial charge on any atom is 0.362 e. The number of aromatic nitrogens is 3. The van der Waals surface area contributed by atoms with Crippen molar-refractivity contribution in [2.45, 2.75) is 6.92 Å². The van der Waals surface area contributed by atoms with Crippen molar-refractivity contribution in [3.8, 4) is 11.4 Å². The van der Waals surface area contributed by atoms with Crippen LogP contribution < -0.4 is 10.5 Å². The molecule has 1 heterocycles. The molecule has 0 atom stereocenters. The molecule has 0 amide bonds. The highest BCUT2D eigenvalue weighted by atomic mass is 35.5. The minimum absolute atomic E-state index is 0.0536. The molecule has 7 nitrogen and oxygen atoms in total. The van der Waals surface area contributed by atoms with Crippen molar-refractivity contribution >= 4 is 23.4 Å². The number of benzene rings is 1. The van der Waals surface area contributed by atoms with Crippen molar-refractivity contribution in [2.75, 3.05) is 20.0 Å². The minimum atomic E-state index is -0.654. The van der Waals surface area contributed by atoms with E-state index in [0.717, 1.165) is 5.56 Å². The number of anilines is 1. The summed E-state index contributed by atoms with van der Waals surface area (Å²) in [6, 6.07) is 3.39. The number of nitrogens with zero attached hydrogens (tertiary/aromatic N) is 3. The Morgan fingerprint density at radius 2 is 2.10 bits per heavy atom. The Balaban J connectivity index is 2.60. The van der Waals surface area contributed by atoms with Crippen LogP contribution in [0.3, 0.4) is 0 Å². The van der Waals surface area contributed by atoms with Crippen LogP contribution in [0.2, 0.25) is 5.02 Å². The third-order valence-electron chi connectivity index (χ3n) is 2.77. The molecule has 0 saturated heterocycles. The third kappa shape index (κ3) is 2.27. The van der Waals surface area contributed by atoms with E-state index in [1.807, 2.05) is 6.92 Å². The predicted octanol–water partition coefficient (Wildman–Crippen LogP) is 1.61. The number of esters is 1. The van der Waals surface area contributed by atoms with Gasteiger partial charge in [-0.25, -0.2) is 4.79 Å². The molecule has 0 aliphatic rings. The molecule has 0 bridgehead atoms. The van der Waals surface area contributed by atoms with E-state index in [9.17, 15) is 4.79 Å². The summed E-state index contributed by atoms with van der Waals surface area (Å²) in [6.45, 7) is 1.83. The highest BCUT2D eigenvalue weighted by Crippen LogP contribution is 2.31. The van der Waals surface area contributed by atoms with Crippen LogP contribution in [-0.2, 0) is 4.74 Å². The number of rotatable bonds is 3. The lowest BCUT2D eigenvalue weighted by atomic mass is 10.2. The molecule has 0 radical (unpaired) electrons. The first-order chi connectivity index (χ1) is 9.49. The summed E-state index contributed by atoms with van der Waals surface area (Å²) in [5, 5.41) is 8.12. The first-order valence-corrected chi connectivity index (χ1v) is 6.01. The summed E-state index contributed by atoms with van der Waals surface area (Å²) in [4.78, 5) is 11.5. The fourth-order valence-electron chi connectivity index (χ4n) is 1.69. The van der Waals surface area contributed by atoms with Gasteiger partial charge in [-0.05, 0) is 18.6 Å². The van der Waals surface area contributed by atoms with Gasteiger partial charge in [0.2, 0.25) is 5.69 Å². The van der Waals surface area contributed by atoms with E-state index < -0.39 is 5.97 Å². The standard InChI is InChI=1S/C12H13ClN4O3/c1-6-4-8(9(19-2)5-7(6)13)17-11(14)10(15-16-17)12(18)20-3/h4-5H,14H2,1-3H3. The summed E-state index contributed by atoms with van der Waals surface area (Å²) in [6.07, 6.45) is 0. The zero-order chi connectivity index (χ0) is 14.9. The molecule has 8 heteroatoms. The van der Waals surface area contributed by atoms with E-state index in [0.29, 0.717) is 16.5 Å². The van der Waals surface area contributed by atoms with Crippen LogP contribution in [-0.4, -0.2) is 35.2 Å². The largest absolute Gasteiger partial charge is 0.494 e. The molecule has 20 heavy (non-hydrogen) atoms. The van der Waals surface area contributed by atoms with Gasteiger partial charge >= 0.3 is 5.97 Å². The number of aryl methyl sites for hydroxylation is 1. The second-order valence-electron chi connectivity index (χ2n) is 4.00. The van der Waals surface area contributed by atoms with Crippen LogP contribution in [0.1, 0.15) is 16.1 Å². The molecule has 0 aliphatic heterocycles. The van der Waals surface area contributed by atoms with Gasteiger partial charge in [-0.1, -0.05) is 16.8 Å². The van der Waals surface area contributed by atoms with Gasteiger partial charge in [0.15, 0.2) is 5.82 Å². The number of nitrogens with two attached hydrogens (primary N) is 1. The number of carbonyl (C=O) groups is 1. The number of halogens is 1. The number of hydrogen-bond acceptors (Lipinski definition) is 6. The van der Waals surface area contributed by atoms with E-state index >= 15 is 0 Å². The van der Waals surface area contributed by atoms with Crippen LogP contribution >= 0.6 is 11.6 Å². The van der Waals surface area contributed by atoms with Crippen LogP contribution in [0.5, 0.6) is 5.75 Å². The molecule has 0 spiro atoms. The zero-order valence-corrected chi connectivity index (χ0v) is 11.9. The molecule has 0 unspecified atom stereocenters. The Hall–Kier alpha value is -2.28. The maximum absolute atomic E-state index is 11.5. The number of carbonyl (C=O) groups excluding carboxylic acids is 1. The number of hydrogen-bond donors (Lipinski definition) is 1. The van der Waals surface area contributed by atoms with Crippen LogP contribution in [0.15, 0.2) is 12.1 Å². The minimum Gasteiger partial charge on any atom is -0.494 e. The van der Waals surface area contributed by atoms with Gasteiger partial charge in [0.25, 0.3) is 0 Å². The van der Waals surface area contributed by atoms with Crippen molar-refractivity contribution < 1.29 is 14.3 Å².